The molecule has 0 fully saturated rings. The summed E-state index contributed by atoms with van der Waals surface area (Å²) < 4.78 is 2.56. The third-order valence-electron chi connectivity index (χ3n) is 8.05. The molecule has 0 N–H and O–H groups in total. The molecule has 0 saturated heterocycles. The number of fused-ring (bicyclic) bond motifs is 2. The predicted octanol–water partition coefficient (Wildman–Crippen LogP) is 7.46. The number of benzene rings is 3. The first kappa shape index (κ1) is 19.0. The highest BCUT2D eigenvalue weighted by atomic mass is 15.0. The van der Waals surface area contributed by atoms with Crippen molar-refractivity contribution in [3.8, 4) is 11.3 Å². The average molecular weight is 407 g/mol. The summed E-state index contributed by atoms with van der Waals surface area (Å²) in [5.74, 6) is 1.15. The van der Waals surface area contributed by atoms with Gasteiger partial charge in [-0.2, -0.15) is 4.57 Å². The van der Waals surface area contributed by atoms with Gasteiger partial charge in [0, 0.05) is 17.4 Å². The van der Waals surface area contributed by atoms with Crippen LogP contribution in [-0.4, -0.2) is 0 Å². The van der Waals surface area contributed by atoms with Crippen molar-refractivity contribution in [2.75, 3.05) is 0 Å². The molecule has 2 atom stereocenters. The maximum absolute atomic E-state index is 2.56. The molecular formula is C30H32N+. The molecule has 156 valence electrons. The van der Waals surface area contributed by atoms with Gasteiger partial charge in [-0.05, 0) is 63.7 Å². The number of hydrogen-bond acceptors (Lipinski definition) is 0. The lowest BCUT2D eigenvalue weighted by molar-refractivity contribution is -0.713. The minimum absolute atomic E-state index is 0.0390. The van der Waals surface area contributed by atoms with E-state index in [1.165, 1.54) is 55.1 Å². The Morgan fingerprint density at radius 2 is 1.74 bits per heavy atom. The van der Waals surface area contributed by atoms with Crippen molar-refractivity contribution in [2.24, 2.45) is 5.92 Å². The molecule has 1 heteroatoms. The first-order valence-corrected chi connectivity index (χ1v) is 11.9. The zero-order valence-electron chi connectivity index (χ0n) is 19.6. The van der Waals surface area contributed by atoms with Crippen molar-refractivity contribution in [2.45, 2.75) is 65.3 Å². The van der Waals surface area contributed by atoms with Crippen LogP contribution < -0.4 is 4.57 Å². The molecule has 2 heterocycles. The van der Waals surface area contributed by atoms with Crippen LogP contribution in [0.2, 0.25) is 0 Å². The van der Waals surface area contributed by atoms with Gasteiger partial charge in [-0.3, -0.25) is 0 Å². The second-order valence-corrected chi connectivity index (χ2v) is 10.9. The number of pyridine rings is 1. The molecule has 1 aliphatic heterocycles. The zero-order valence-corrected chi connectivity index (χ0v) is 19.6. The maximum atomic E-state index is 2.56. The molecule has 4 aromatic rings. The number of hydrogen-bond donors (Lipinski definition) is 0. The van der Waals surface area contributed by atoms with Gasteiger partial charge in [-0.1, -0.05) is 71.0 Å². The lowest BCUT2D eigenvalue weighted by Gasteiger charge is -2.39. The molecule has 1 aliphatic carbocycles. The lowest BCUT2D eigenvalue weighted by Crippen LogP contribution is -2.47. The van der Waals surface area contributed by atoms with Gasteiger partial charge in [0.05, 0.1) is 10.9 Å². The molecular weight excluding hydrogens is 374 g/mol. The number of nitrogens with zero attached hydrogens (tertiary/aromatic N) is 1. The summed E-state index contributed by atoms with van der Waals surface area (Å²) >= 11 is 0. The van der Waals surface area contributed by atoms with E-state index in [-0.39, 0.29) is 5.41 Å². The molecule has 0 radical (unpaired) electrons. The summed E-state index contributed by atoms with van der Waals surface area (Å²) in [5.41, 5.74) is 8.93. The molecule has 0 bridgehead atoms. The second-order valence-electron chi connectivity index (χ2n) is 10.9. The highest BCUT2D eigenvalue weighted by Gasteiger charge is 2.46. The van der Waals surface area contributed by atoms with Gasteiger partial charge in [0.1, 0.15) is 0 Å². The third kappa shape index (κ3) is 2.41. The van der Waals surface area contributed by atoms with Crippen LogP contribution >= 0.6 is 0 Å². The fourth-order valence-electron chi connectivity index (χ4n) is 6.43. The molecule has 31 heavy (non-hydrogen) atoms. The van der Waals surface area contributed by atoms with Crippen molar-refractivity contribution in [3.05, 3.63) is 77.0 Å². The van der Waals surface area contributed by atoms with Crippen LogP contribution in [0.1, 0.15) is 75.8 Å². The predicted molar refractivity (Wildman–Crippen MR) is 131 cm³/mol. The van der Waals surface area contributed by atoms with Crippen LogP contribution in [0.25, 0.3) is 32.8 Å². The molecule has 0 amide bonds. The van der Waals surface area contributed by atoms with Gasteiger partial charge in [-0.25, -0.2) is 0 Å². The highest BCUT2D eigenvalue weighted by Crippen LogP contribution is 2.55. The Bertz CT molecular complexity index is 1390. The second kappa shape index (κ2) is 6.19. The minimum atomic E-state index is -0.0390. The number of aromatic nitrogens is 1. The Kier molecular flexibility index (Phi) is 3.80. The Hall–Kier alpha value is -2.67. The van der Waals surface area contributed by atoms with Gasteiger partial charge in [0.15, 0.2) is 12.2 Å². The third-order valence-corrected chi connectivity index (χ3v) is 8.05. The Morgan fingerprint density at radius 3 is 2.52 bits per heavy atom. The Labute approximate surface area is 185 Å². The van der Waals surface area contributed by atoms with Crippen LogP contribution in [0.3, 0.4) is 0 Å². The first-order valence-electron chi connectivity index (χ1n) is 11.9. The van der Waals surface area contributed by atoms with E-state index in [1.54, 1.807) is 0 Å². The largest absolute Gasteiger partial charge is 0.221 e. The lowest BCUT2D eigenvalue weighted by atomic mass is 9.64. The van der Waals surface area contributed by atoms with Gasteiger partial charge in [0.2, 0.25) is 5.69 Å². The maximum Gasteiger partial charge on any atom is 0.221 e. The van der Waals surface area contributed by atoms with Gasteiger partial charge in [-0.15, -0.1) is 0 Å². The zero-order chi connectivity index (χ0) is 21.7. The molecule has 1 nitrogen and oxygen atoms in total. The van der Waals surface area contributed by atoms with Crippen LogP contribution in [0.15, 0.2) is 54.7 Å². The average Bonchev–Trinajstić information content (AvgIpc) is 2.73. The van der Waals surface area contributed by atoms with Crippen molar-refractivity contribution >= 4 is 21.5 Å². The van der Waals surface area contributed by atoms with Crippen molar-refractivity contribution < 1.29 is 4.57 Å². The van der Waals surface area contributed by atoms with Crippen molar-refractivity contribution in [1.29, 1.82) is 0 Å². The summed E-state index contributed by atoms with van der Waals surface area (Å²) in [6, 6.07) is 19.3. The standard InChI is InChI=1S/C30H32N/c1-17(2)13-20-14-22-11-12-31-19(4)18(3)24-16-21-9-7-8-10-23(21)28-27(24)29(31)26(22)25(15-20)30(28,5)6/h7-12,14-19H,13H2,1-6H3/q+1. The Morgan fingerprint density at radius 1 is 0.968 bits per heavy atom. The van der Waals surface area contributed by atoms with E-state index in [0.29, 0.717) is 17.9 Å². The topological polar surface area (TPSA) is 3.88 Å². The molecule has 2 aliphatic rings. The SMILES string of the molecule is CC(C)Cc1cc2c3c4[n+](ccc3c1)C(C)C(C)c1cc3ccccc3c(c1-4)C2(C)C. The van der Waals surface area contributed by atoms with Crippen LogP contribution in [0, 0.1) is 5.92 Å². The van der Waals surface area contributed by atoms with E-state index in [2.05, 4.69) is 101 Å². The van der Waals surface area contributed by atoms with Gasteiger partial charge >= 0.3 is 0 Å². The molecule has 1 aromatic heterocycles. The van der Waals surface area contributed by atoms with Crippen molar-refractivity contribution in [3.63, 3.8) is 0 Å². The Balaban J connectivity index is 1.85. The van der Waals surface area contributed by atoms with E-state index in [4.69, 9.17) is 0 Å². The summed E-state index contributed by atoms with van der Waals surface area (Å²) in [6.07, 6.45) is 3.48. The molecule has 6 rings (SSSR count). The quantitative estimate of drug-likeness (QED) is 0.304. The molecule has 0 saturated carbocycles. The minimum Gasteiger partial charge on any atom is -0.195 e. The van der Waals surface area contributed by atoms with Crippen LogP contribution in [0.5, 0.6) is 0 Å². The summed E-state index contributed by atoms with van der Waals surface area (Å²) in [6.45, 7) is 14.3. The smallest absolute Gasteiger partial charge is 0.195 e. The number of rotatable bonds is 2. The van der Waals surface area contributed by atoms with Crippen LogP contribution in [0.4, 0.5) is 0 Å². The van der Waals surface area contributed by atoms with Crippen molar-refractivity contribution in [1.82, 2.24) is 0 Å². The normalized spacial score (nSPS) is 20.6. The van der Waals surface area contributed by atoms with Gasteiger partial charge < -0.3 is 0 Å². The molecule has 3 aromatic carbocycles. The summed E-state index contributed by atoms with van der Waals surface area (Å²) in [7, 11) is 0. The monoisotopic (exact) mass is 406 g/mol. The van der Waals surface area contributed by atoms with Crippen LogP contribution in [-0.2, 0) is 11.8 Å². The fourth-order valence-corrected chi connectivity index (χ4v) is 6.43. The summed E-state index contributed by atoms with van der Waals surface area (Å²) in [5, 5.41) is 5.67. The van der Waals surface area contributed by atoms with E-state index in [9.17, 15) is 0 Å². The molecule has 2 unspecified atom stereocenters. The summed E-state index contributed by atoms with van der Waals surface area (Å²) in [4.78, 5) is 0. The van der Waals surface area contributed by atoms with E-state index < -0.39 is 0 Å². The van der Waals surface area contributed by atoms with Gasteiger partial charge in [0.25, 0.3) is 0 Å². The fraction of sp³-hybridized carbons (Fsp3) is 0.367. The first-order chi connectivity index (χ1) is 14.8. The van der Waals surface area contributed by atoms with E-state index in [0.717, 1.165) is 6.42 Å². The molecule has 0 spiro atoms. The van der Waals surface area contributed by atoms with E-state index >= 15 is 0 Å². The highest BCUT2D eigenvalue weighted by molar-refractivity contribution is 6.06. The van der Waals surface area contributed by atoms with E-state index in [1.807, 2.05) is 0 Å².